The molecule has 2 heterocycles. The molecule has 76 valence electrons. The van der Waals surface area contributed by atoms with Crippen LogP contribution in [0.25, 0.3) is 0 Å². The minimum Gasteiger partial charge on any atom is -0.339 e. The van der Waals surface area contributed by atoms with Crippen LogP contribution in [0.3, 0.4) is 0 Å². The van der Waals surface area contributed by atoms with E-state index in [-0.39, 0.29) is 0 Å². The van der Waals surface area contributed by atoms with Crippen LogP contribution in [-0.4, -0.2) is 14.1 Å². The second-order valence-corrected chi connectivity index (χ2v) is 3.40. The lowest BCUT2D eigenvalue weighted by atomic mass is 10.4. The number of imidazole rings is 1. The van der Waals surface area contributed by atoms with Crippen LogP contribution in [0, 0.1) is 11.3 Å². The van der Waals surface area contributed by atoms with E-state index < -0.39 is 0 Å². The zero-order chi connectivity index (χ0) is 10.7. The fourth-order valence-corrected chi connectivity index (χ4v) is 1.57. The first-order chi connectivity index (χ1) is 7.31. The zero-order valence-electron chi connectivity index (χ0n) is 8.59. The molecule has 0 amide bonds. The third-order valence-electron chi connectivity index (χ3n) is 2.44. The van der Waals surface area contributed by atoms with Crippen molar-refractivity contribution >= 4 is 0 Å². The van der Waals surface area contributed by atoms with Gasteiger partial charge in [0.25, 0.3) is 0 Å². The predicted octanol–water partition coefficient (Wildman–Crippen LogP) is 1.34. The lowest BCUT2D eigenvalue weighted by Crippen LogP contribution is -2.06. The molecule has 0 atom stereocenters. The molecule has 0 aromatic carbocycles. The smallest absolute Gasteiger partial charge is 0.120 e. The van der Waals surface area contributed by atoms with Crippen molar-refractivity contribution in [2.75, 3.05) is 0 Å². The Morgan fingerprint density at radius 1 is 1.47 bits per heavy atom. The molecule has 0 N–H and O–H groups in total. The Labute approximate surface area is 88.4 Å². The van der Waals surface area contributed by atoms with Crippen molar-refractivity contribution in [2.45, 2.75) is 13.0 Å². The van der Waals surface area contributed by atoms with Gasteiger partial charge in [-0.2, -0.15) is 5.26 Å². The largest absolute Gasteiger partial charge is 0.339 e. The minimum absolute atomic E-state index is 0.698. The van der Waals surface area contributed by atoms with Crippen LogP contribution in [0.15, 0.2) is 30.7 Å². The summed E-state index contributed by atoms with van der Waals surface area (Å²) in [5.41, 5.74) is 0.698. The maximum absolute atomic E-state index is 8.83. The van der Waals surface area contributed by atoms with Crippen LogP contribution in [0.1, 0.15) is 11.5 Å². The lowest BCUT2D eigenvalue weighted by molar-refractivity contribution is 0.648. The molecule has 0 spiro atoms. The molecular weight excluding hydrogens is 188 g/mol. The van der Waals surface area contributed by atoms with E-state index in [2.05, 4.69) is 11.1 Å². The summed E-state index contributed by atoms with van der Waals surface area (Å²) >= 11 is 0. The van der Waals surface area contributed by atoms with E-state index in [1.54, 1.807) is 6.20 Å². The van der Waals surface area contributed by atoms with Gasteiger partial charge in [-0.1, -0.05) is 0 Å². The Morgan fingerprint density at radius 3 is 3.00 bits per heavy atom. The van der Waals surface area contributed by atoms with E-state index in [0.29, 0.717) is 5.69 Å². The van der Waals surface area contributed by atoms with Crippen molar-refractivity contribution in [3.63, 3.8) is 0 Å². The molecule has 0 unspecified atom stereocenters. The first kappa shape index (κ1) is 9.53. The van der Waals surface area contributed by atoms with Gasteiger partial charge in [0.15, 0.2) is 0 Å². The van der Waals surface area contributed by atoms with Crippen molar-refractivity contribution in [1.82, 2.24) is 14.1 Å². The quantitative estimate of drug-likeness (QED) is 0.750. The van der Waals surface area contributed by atoms with E-state index in [1.165, 1.54) is 0 Å². The van der Waals surface area contributed by atoms with E-state index in [4.69, 9.17) is 5.26 Å². The van der Waals surface area contributed by atoms with Crippen LogP contribution < -0.4 is 0 Å². The van der Waals surface area contributed by atoms with E-state index in [0.717, 1.165) is 18.8 Å². The van der Waals surface area contributed by atoms with Gasteiger partial charge in [-0.25, -0.2) is 4.98 Å². The van der Waals surface area contributed by atoms with Crippen molar-refractivity contribution in [3.05, 3.63) is 42.2 Å². The molecule has 0 radical (unpaired) electrons. The predicted molar refractivity (Wildman–Crippen MR) is 56.1 cm³/mol. The van der Waals surface area contributed by atoms with Crippen LogP contribution in [0.5, 0.6) is 0 Å². The van der Waals surface area contributed by atoms with Gasteiger partial charge in [-0.3, -0.25) is 0 Å². The van der Waals surface area contributed by atoms with Crippen LogP contribution in [0.2, 0.25) is 0 Å². The Morgan fingerprint density at radius 2 is 2.33 bits per heavy atom. The number of aromatic nitrogens is 3. The molecule has 0 bridgehead atoms. The fourth-order valence-electron chi connectivity index (χ4n) is 1.57. The highest BCUT2D eigenvalue weighted by atomic mass is 15.0. The van der Waals surface area contributed by atoms with Gasteiger partial charge in [0.2, 0.25) is 0 Å². The molecule has 0 aliphatic carbocycles. The van der Waals surface area contributed by atoms with E-state index >= 15 is 0 Å². The average Bonchev–Trinajstić information content (AvgIpc) is 2.83. The highest BCUT2D eigenvalue weighted by molar-refractivity contribution is 5.21. The number of hydrogen-bond donors (Lipinski definition) is 0. The first-order valence-corrected chi connectivity index (χ1v) is 4.82. The molecule has 0 aliphatic heterocycles. The van der Waals surface area contributed by atoms with Gasteiger partial charge in [0.1, 0.15) is 17.6 Å². The fraction of sp³-hybridized carbons (Fsp3) is 0.273. The molecule has 4 heteroatoms. The molecule has 0 fully saturated rings. The van der Waals surface area contributed by atoms with Gasteiger partial charge in [-0.15, -0.1) is 0 Å². The summed E-state index contributed by atoms with van der Waals surface area (Å²) in [5.74, 6) is 1.03. The molecule has 2 aromatic heterocycles. The summed E-state index contributed by atoms with van der Waals surface area (Å²) in [4.78, 5) is 4.24. The summed E-state index contributed by atoms with van der Waals surface area (Å²) in [5, 5.41) is 8.83. The van der Waals surface area contributed by atoms with Crippen LogP contribution in [-0.2, 0) is 20.0 Å². The minimum atomic E-state index is 0.698. The molecule has 0 saturated heterocycles. The summed E-state index contributed by atoms with van der Waals surface area (Å²) in [7, 11) is 1.98. The van der Waals surface area contributed by atoms with Gasteiger partial charge in [-0.05, 0) is 12.1 Å². The molecule has 0 saturated carbocycles. The molecule has 4 nitrogen and oxygen atoms in total. The SMILES string of the molecule is Cn1ccnc1CCn1cccc1C#N. The normalized spacial score (nSPS) is 10.1. The van der Waals surface area contributed by atoms with E-state index in [9.17, 15) is 0 Å². The maximum atomic E-state index is 8.83. The topological polar surface area (TPSA) is 46.5 Å². The van der Waals surface area contributed by atoms with Gasteiger partial charge in [0, 0.05) is 38.6 Å². The molecule has 2 aromatic rings. The second kappa shape index (κ2) is 4.01. The molecular formula is C11H12N4. The zero-order valence-corrected chi connectivity index (χ0v) is 8.59. The van der Waals surface area contributed by atoms with Gasteiger partial charge >= 0.3 is 0 Å². The van der Waals surface area contributed by atoms with Crippen LogP contribution >= 0.6 is 0 Å². The third kappa shape index (κ3) is 1.91. The van der Waals surface area contributed by atoms with Gasteiger partial charge < -0.3 is 9.13 Å². The summed E-state index contributed by atoms with van der Waals surface area (Å²) in [6.07, 6.45) is 6.47. The average molecular weight is 200 g/mol. The van der Waals surface area contributed by atoms with Crippen molar-refractivity contribution in [3.8, 4) is 6.07 Å². The number of hydrogen-bond acceptors (Lipinski definition) is 2. The van der Waals surface area contributed by atoms with Gasteiger partial charge in [0.05, 0.1) is 0 Å². The highest BCUT2D eigenvalue weighted by Crippen LogP contribution is 2.03. The standard InChI is InChI=1S/C11H12N4/c1-14-8-5-13-11(14)4-7-15-6-2-3-10(15)9-12/h2-3,5-6,8H,4,7H2,1H3. The van der Waals surface area contributed by atoms with Crippen molar-refractivity contribution < 1.29 is 0 Å². The lowest BCUT2D eigenvalue weighted by Gasteiger charge is -2.04. The Bertz CT molecular complexity index is 487. The van der Waals surface area contributed by atoms with E-state index in [1.807, 2.05) is 40.7 Å². The third-order valence-corrected chi connectivity index (χ3v) is 2.44. The number of nitriles is 1. The summed E-state index contributed by atoms with van der Waals surface area (Å²) < 4.78 is 3.93. The van der Waals surface area contributed by atoms with Crippen LogP contribution in [0.4, 0.5) is 0 Å². The first-order valence-electron chi connectivity index (χ1n) is 4.82. The Kier molecular flexibility index (Phi) is 2.55. The summed E-state index contributed by atoms with van der Waals surface area (Å²) in [6, 6.07) is 5.86. The number of aryl methyl sites for hydroxylation is 3. The molecule has 0 aliphatic rings. The number of nitrogens with zero attached hydrogens (tertiary/aromatic N) is 4. The number of rotatable bonds is 3. The van der Waals surface area contributed by atoms with Crippen molar-refractivity contribution in [2.24, 2.45) is 7.05 Å². The molecule has 2 rings (SSSR count). The summed E-state index contributed by atoms with van der Waals surface area (Å²) in [6.45, 7) is 0.792. The Balaban J connectivity index is 2.06. The molecule has 15 heavy (non-hydrogen) atoms. The second-order valence-electron chi connectivity index (χ2n) is 3.40. The maximum Gasteiger partial charge on any atom is 0.120 e. The Hall–Kier alpha value is -2.02. The highest BCUT2D eigenvalue weighted by Gasteiger charge is 2.02. The monoisotopic (exact) mass is 200 g/mol. The van der Waals surface area contributed by atoms with Crippen molar-refractivity contribution in [1.29, 1.82) is 5.26 Å².